The molecule has 1 aromatic carbocycles. The number of hydrogen-bond donors (Lipinski definition) is 0. The van der Waals surface area contributed by atoms with Gasteiger partial charge in [-0.2, -0.15) is 0 Å². The van der Waals surface area contributed by atoms with Crippen LogP contribution in [0.15, 0.2) is 24.3 Å². The normalized spacial score (nSPS) is 22.6. The van der Waals surface area contributed by atoms with E-state index in [9.17, 15) is 12.8 Å². The number of hydrogen-bond acceptors (Lipinski definition) is 2. The summed E-state index contributed by atoms with van der Waals surface area (Å²) < 4.78 is 36.3. The molecule has 1 heterocycles. The van der Waals surface area contributed by atoms with E-state index in [2.05, 4.69) is 0 Å². The van der Waals surface area contributed by atoms with Gasteiger partial charge in [-0.1, -0.05) is 12.1 Å². The molecule has 0 radical (unpaired) electrons. The second kappa shape index (κ2) is 5.58. The van der Waals surface area contributed by atoms with Crippen molar-refractivity contribution in [3.05, 3.63) is 35.6 Å². The first-order valence-electron chi connectivity index (χ1n) is 6.02. The Kier molecular flexibility index (Phi) is 4.43. The van der Waals surface area contributed by atoms with E-state index in [0.29, 0.717) is 6.42 Å². The zero-order chi connectivity index (χ0) is 14.1. The highest BCUT2D eigenvalue weighted by molar-refractivity contribution is 7.91. The molecular formula is C13H15Cl2FO2S. The summed E-state index contributed by atoms with van der Waals surface area (Å²) in [5.74, 6) is 0.279. The van der Waals surface area contributed by atoms with Crippen LogP contribution < -0.4 is 0 Å². The van der Waals surface area contributed by atoms with Crippen molar-refractivity contribution in [2.24, 2.45) is 5.92 Å². The van der Waals surface area contributed by atoms with Gasteiger partial charge >= 0.3 is 0 Å². The molecule has 1 aromatic rings. The van der Waals surface area contributed by atoms with Gasteiger partial charge in [0.1, 0.15) is 5.82 Å². The third-order valence-corrected chi connectivity index (χ3v) is 6.63. The molecule has 6 heteroatoms. The summed E-state index contributed by atoms with van der Waals surface area (Å²) in [6.07, 6.45) is 0.555. The van der Waals surface area contributed by atoms with Gasteiger partial charge in [0.2, 0.25) is 0 Å². The Hall–Kier alpha value is -0.320. The molecular weight excluding hydrogens is 310 g/mol. The minimum atomic E-state index is -3.01. The van der Waals surface area contributed by atoms with E-state index in [1.165, 1.54) is 12.1 Å². The van der Waals surface area contributed by atoms with Gasteiger partial charge in [-0.15, -0.1) is 23.2 Å². The fraction of sp³-hybridized carbons (Fsp3) is 0.538. The Bertz CT molecular complexity index is 538. The van der Waals surface area contributed by atoms with Gasteiger partial charge in [-0.3, -0.25) is 0 Å². The molecule has 1 unspecified atom stereocenters. The maximum Gasteiger partial charge on any atom is 0.150 e. The van der Waals surface area contributed by atoms with Crippen LogP contribution in [0.1, 0.15) is 12.0 Å². The molecule has 0 aromatic heterocycles. The standard InChI is InChI=1S/C13H15Cl2FO2S/c14-8-13(9-15,10-1-3-12(16)4-2-10)11-5-6-19(17,18)7-11/h1-4,11H,5-9H2. The minimum Gasteiger partial charge on any atom is -0.229 e. The van der Waals surface area contributed by atoms with Gasteiger partial charge in [-0.05, 0) is 30.0 Å². The van der Waals surface area contributed by atoms with Crippen LogP contribution >= 0.6 is 23.2 Å². The first kappa shape index (κ1) is 15.1. The Morgan fingerprint density at radius 1 is 1.21 bits per heavy atom. The predicted molar refractivity (Wildman–Crippen MR) is 76.3 cm³/mol. The van der Waals surface area contributed by atoms with Crippen molar-refractivity contribution < 1.29 is 12.8 Å². The Morgan fingerprint density at radius 2 is 1.79 bits per heavy atom. The van der Waals surface area contributed by atoms with Crippen LogP contribution in [0.3, 0.4) is 0 Å². The number of halogens is 3. The van der Waals surface area contributed by atoms with Crippen LogP contribution in [0, 0.1) is 11.7 Å². The summed E-state index contributed by atoms with van der Waals surface area (Å²) in [4.78, 5) is 0. The average molecular weight is 325 g/mol. The molecule has 0 bridgehead atoms. The maximum atomic E-state index is 13.0. The molecule has 0 N–H and O–H groups in total. The quantitative estimate of drug-likeness (QED) is 0.798. The minimum absolute atomic E-state index is 0.101. The number of alkyl halides is 2. The smallest absolute Gasteiger partial charge is 0.150 e. The van der Waals surface area contributed by atoms with E-state index in [1.54, 1.807) is 12.1 Å². The predicted octanol–water partition coefficient (Wildman–Crippen LogP) is 2.98. The van der Waals surface area contributed by atoms with Crippen LogP contribution in [0.5, 0.6) is 0 Å². The van der Waals surface area contributed by atoms with E-state index < -0.39 is 15.3 Å². The van der Waals surface area contributed by atoms with Crippen molar-refractivity contribution in [3.63, 3.8) is 0 Å². The molecule has 1 aliphatic heterocycles. The van der Waals surface area contributed by atoms with Gasteiger partial charge in [0.15, 0.2) is 9.84 Å². The summed E-state index contributed by atoms with van der Waals surface area (Å²) >= 11 is 12.2. The lowest BCUT2D eigenvalue weighted by Crippen LogP contribution is -2.40. The second-order valence-electron chi connectivity index (χ2n) is 5.03. The molecule has 0 spiro atoms. The van der Waals surface area contributed by atoms with E-state index >= 15 is 0 Å². The Balaban J connectivity index is 2.40. The molecule has 1 fully saturated rings. The van der Waals surface area contributed by atoms with Crippen molar-refractivity contribution in [1.82, 2.24) is 0 Å². The van der Waals surface area contributed by atoms with Gasteiger partial charge in [0.05, 0.1) is 11.5 Å². The van der Waals surface area contributed by atoms with E-state index in [-0.39, 0.29) is 35.0 Å². The fourth-order valence-electron chi connectivity index (χ4n) is 2.66. The lowest BCUT2D eigenvalue weighted by atomic mass is 9.73. The van der Waals surface area contributed by atoms with Gasteiger partial charge in [0.25, 0.3) is 0 Å². The molecule has 1 saturated heterocycles. The lowest BCUT2D eigenvalue weighted by Gasteiger charge is -2.35. The largest absolute Gasteiger partial charge is 0.229 e. The van der Waals surface area contributed by atoms with E-state index in [1.807, 2.05) is 0 Å². The molecule has 19 heavy (non-hydrogen) atoms. The van der Waals surface area contributed by atoms with E-state index in [4.69, 9.17) is 23.2 Å². The summed E-state index contributed by atoms with van der Waals surface area (Å²) in [6.45, 7) is 0. The summed E-state index contributed by atoms with van der Waals surface area (Å²) in [5, 5.41) is 0. The summed E-state index contributed by atoms with van der Waals surface area (Å²) in [6, 6.07) is 6.00. The number of rotatable bonds is 4. The van der Waals surface area contributed by atoms with Crippen molar-refractivity contribution in [2.45, 2.75) is 11.8 Å². The third-order valence-electron chi connectivity index (χ3n) is 3.91. The maximum absolute atomic E-state index is 13.0. The lowest BCUT2D eigenvalue weighted by molar-refractivity contribution is 0.360. The fourth-order valence-corrected chi connectivity index (χ4v) is 5.60. The average Bonchev–Trinajstić information content (AvgIpc) is 2.74. The van der Waals surface area contributed by atoms with Gasteiger partial charge in [-0.25, -0.2) is 12.8 Å². The van der Waals surface area contributed by atoms with Crippen LogP contribution in [-0.2, 0) is 15.3 Å². The highest BCUT2D eigenvalue weighted by atomic mass is 35.5. The Morgan fingerprint density at radius 3 is 2.21 bits per heavy atom. The van der Waals surface area contributed by atoms with Crippen molar-refractivity contribution in [1.29, 1.82) is 0 Å². The van der Waals surface area contributed by atoms with Crippen molar-refractivity contribution >= 4 is 33.0 Å². The summed E-state index contributed by atoms with van der Waals surface area (Å²) in [7, 11) is -3.01. The Labute approximate surface area is 122 Å². The first-order valence-corrected chi connectivity index (χ1v) is 8.91. The molecule has 106 valence electrons. The van der Waals surface area contributed by atoms with Crippen molar-refractivity contribution in [2.75, 3.05) is 23.3 Å². The van der Waals surface area contributed by atoms with Crippen LogP contribution in [0.2, 0.25) is 0 Å². The zero-order valence-electron chi connectivity index (χ0n) is 10.3. The monoisotopic (exact) mass is 324 g/mol. The molecule has 2 rings (SSSR count). The molecule has 2 nitrogen and oxygen atoms in total. The highest BCUT2D eigenvalue weighted by Gasteiger charge is 2.44. The summed E-state index contributed by atoms with van der Waals surface area (Å²) in [5.41, 5.74) is 0.196. The van der Waals surface area contributed by atoms with Crippen LogP contribution in [0.4, 0.5) is 4.39 Å². The molecule has 0 aliphatic carbocycles. The first-order chi connectivity index (χ1) is 8.93. The third kappa shape index (κ3) is 2.91. The van der Waals surface area contributed by atoms with Crippen LogP contribution in [-0.4, -0.2) is 31.7 Å². The van der Waals surface area contributed by atoms with E-state index in [0.717, 1.165) is 5.56 Å². The molecule has 1 aliphatic rings. The zero-order valence-corrected chi connectivity index (χ0v) is 12.6. The molecule has 0 saturated carbocycles. The van der Waals surface area contributed by atoms with Gasteiger partial charge < -0.3 is 0 Å². The van der Waals surface area contributed by atoms with Crippen molar-refractivity contribution in [3.8, 4) is 0 Å². The SMILES string of the molecule is O=S1(=O)CCC(C(CCl)(CCl)c2ccc(F)cc2)C1. The van der Waals surface area contributed by atoms with Gasteiger partial charge in [0, 0.05) is 17.2 Å². The van der Waals surface area contributed by atoms with Crippen LogP contribution in [0.25, 0.3) is 0 Å². The number of benzene rings is 1. The molecule has 1 atom stereocenters. The topological polar surface area (TPSA) is 34.1 Å². The second-order valence-corrected chi connectivity index (χ2v) is 7.79. The number of sulfone groups is 1. The molecule has 0 amide bonds. The highest BCUT2D eigenvalue weighted by Crippen LogP contribution is 2.41.